The quantitative estimate of drug-likeness (QED) is 0.119. The van der Waals surface area contributed by atoms with Crippen LogP contribution in [-0.2, 0) is 32.1 Å². The first-order valence-electron chi connectivity index (χ1n) is 15.1. The fourth-order valence-electron chi connectivity index (χ4n) is 5.30. The number of benzene rings is 3. The Morgan fingerprint density at radius 3 is 2.35 bits per heavy atom. The maximum Gasteiger partial charge on any atom is 0.290 e. The molecule has 4 aromatic rings. The second kappa shape index (κ2) is 14.1. The van der Waals surface area contributed by atoms with Gasteiger partial charge in [0.05, 0.1) is 28.3 Å². The Labute approximate surface area is 286 Å². The highest BCUT2D eigenvalue weighted by atomic mass is 32.2. The van der Waals surface area contributed by atoms with Gasteiger partial charge in [0, 0.05) is 63.5 Å². The number of phenolic OH excluding ortho intramolecular Hbond substituents is 2. The van der Waals surface area contributed by atoms with E-state index in [1.54, 1.807) is 40.6 Å². The van der Waals surface area contributed by atoms with Crippen LogP contribution < -0.4 is 25.0 Å². The molecule has 0 bridgehead atoms. The van der Waals surface area contributed by atoms with Crippen LogP contribution in [0, 0.1) is 6.92 Å². The van der Waals surface area contributed by atoms with Crippen LogP contribution in [-0.4, -0.2) is 72.1 Å². The van der Waals surface area contributed by atoms with Crippen LogP contribution in [0.2, 0.25) is 0 Å². The number of aromatic hydroxyl groups is 2. The highest BCUT2D eigenvalue weighted by Gasteiger charge is 2.28. The Morgan fingerprint density at radius 2 is 1.67 bits per heavy atom. The van der Waals surface area contributed by atoms with Crippen molar-refractivity contribution in [3.05, 3.63) is 47.5 Å². The molecule has 6 rings (SSSR count). The number of azo groups is 1. The molecule has 0 spiro atoms. The van der Waals surface area contributed by atoms with E-state index in [0.717, 1.165) is 11.5 Å². The van der Waals surface area contributed by atoms with Gasteiger partial charge in [0.15, 0.2) is 16.5 Å². The number of carbonyl (C=O) groups is 3. The highest BCUT2D eigenvalue weighted by molar-refractivity contribution is 7.78. The second-order valence-electron chi connectivity index (χ2n) is 11.3. The third-order valence-corrected chi connectivity index (χ3v) is 9.51. The molecule has 1 unspecified atom stereocenters. The van der Waals surface area contributed by atoms with E-state index in [2.05, 4.69) is 30.6 Å². The average Bonchev–Trinajstić information content (AvgIpc) is 3.46. The van der Waals surface area contributed by atoms with Gasteiger partial charge >= 0.3 is 0 Å². The summed E-state index contributed by atoms with van der Waals surface area (Å²) < 4.78 is 25.0. The van der Waals surface area contributed by atoms with Gasteiger partial charge in [0.1, 0.15) is 11.5 Å². The summed E-state index contributed by atoms with van der Waals surface area (Å²) in [6.07, 6.45) is 0.721. The number of hydrogen-bond acceptors (Lipinski definition) is 13. The van der Waals surface area contributed by atoms with Crippen LogP contribution in [0.5, 0.6) is 23.0 Å². The number of nitrogens with one attached hydrogen (secondary N) is 3. The number of nitrogens with zero attached hydrogens (tertiary/aromatic N) is 5. The molecule has 1 atom stereocenters. The van der Waals surface area contributed by atoms with Crippen molar-refractivity contribution in [3.63, 3.8) is 0 Å². The van der Waals surface area contributed by atoms with Crippen molar-refractivity contribution in [1.82, 2.24) is 13.7 Å². The minimum absolute atomic E-state index is 0.0616. The molecular formula is C31H32N8O8S2. The van der Waals surface area contributed by atoms with Gasteiger partial charge in [0.2, 0.25) is 17.7 Å². The number of hydroxylamine groups is 2. The lowest BCUT2D eigenvalue weighted by Crippen LogP contribution is -2.48. The fourth-order valence-corrected chi connectivity index (χ4v) is 6.82. The SMILES string of the molecule is CC(=O)Nc1cc(N=Nc2snc3cc(OS(=O)N4CCN(Oc5cc(C)c(O)c6c5NC(=O)CC6)CC4)ccc23)cc(NC(C)=O)c1O. The van der Waals surface area contributed by atoms with Crippen LogP contribution in [0.3, 0.4) is 0 Å². The van der Waals surface area contributed by atoms with Gasteiger partial charge in [-0.2, -0.15) is 12.9 Å². The van der Waals surface area contributed by atoms with Gasteiger partial charge in [-0.25, -0.2) is 0 Å². The summed E-state index contributed by atoms with van der Waals surface area (Å²) in [5.41, 5.74) is 2.72. The summed E-state index contributed by atoms with van der Waals surface area (Å²) in [5.74, 6) is -0.338. The molecule has 1 saturated heterocycles. The number of rotatable bonds is 9. The minimum atomic E-state index is -1.80. The Bertz CT molecular complexity index is 1990. The Balaban J connectivity index is 1.09. The van der Waals surface area contributed by atoms with Crippen molar-refractivity contribution in [2.45, 2.75) is 33.6 Å². The standard InChI is InChI=1S/C31H32N8O8S2/c1-16-12-26(28-22(29(16)43)6-7-27(42)34-28)46-38-8-10-39(11-9-38)49(45)47-20-4-5-21-23(15-20)37-48-31(21)36-35-19-13-24(32-17(2)40)30(44)25(14-19)33-18(3)41/h4-5,12-15,43-44H,6-11H2,1-3H3,(H,32,40)(H,33,41)(H,34,42). The molecule has 3 heterocycles. The summed E-state index contributed by atoms with van der Waals surface area (Å²) in [6, 6.07) is 9.56. The molecule has 1 fully saturated rings. The normalized spacial score (nSPS) is 15.9. The molecule has 49 heavy (non-hydrogen) atoms. The lowest BCUT2D eigenvalue weighted by Gasteiger charge is -2.33. The number of hydrogen-bond donors (Lipinski definition) is 5. The Kier molecular flexibility index (Phi) is 9.72. The van der Waals surface area contributed by atoms with Crippen LogP contribution >= 0.6 is 11.5 Å². The predicted octanol–water partition coefficient (Wildman–Crippen LogP) is 4.80. The van der Waals surface area contributed by atoms with Gasteiger partial charge in [-0.1, -0.05) is 0 Å². The third-order valence-electron chi connectivity index (χ3n) is 7.63. The average molecular weight is 709 g/mol. The zero-order valence-corrected chi connectivity index (χ0v) is 28.2. The molecule has 16 nitrogen and oxygen atoms in total. The largest absolute Gasteiger partial charge is 0.507 e. The predicted molar refractivity (Wildman–Crippen MR) is 183 cm³/mol. The number of anilines is 3. The van der Waals surface area contributed by atoms with E-state index >= 15 is 0 Å². The number of aryl methyl sites for hydroxylation is 1. The molecule has 0 aliphatic carbocycles. The molecule has 3 aromatic carbocycles. The lowest BCUT2D eigenvalue weighted by molar-refractivity contribution is -0.116. The first-order valence-corrected chi connectivity index (χ1v) is 16.9. The van der Waals surface area contributed by atoms with Crippen molar-refractivity contribution in [2.24, 2.45) is 10.2 Å². The number of aromatic nitrogens is 1. The van der Waals surface area contributed by atoms with E-state index in [9.17, 15) is 28.8 Å². The van der Waals surface area contributed by atoms with Crippen molar-refractivity contribution >= 4 is 79.2 Å². The van der Waals surface area contributed by atoms with Crippen molar-refractivity contribution in [3.8, 4) is 23.0 Å². The summed E-state index contributed by atoms with van der Waals surface area (Å²) in [7, 11) is 0. The first-order chi connectivity index (χ1) is 23.4. The van der Waals surface area contributed by atoms with E-state index in [4.69, 9.17) is 9.02 Å². The smallest absolute Gasteiger partial charge is 0.290 e. The number of amides is 3. The van der Waals surface area contributed by atoms with E-state index < -0.39 is 23.1 Å². The second-order valence-corrected chi connectivity index (χ2v) is 13.2. The molecule has 2 aliphatic heterocycles. The van der Waals surface area contributed by atoms with E-state index in [1.807, 2.05) is 0 Å². The number of piperazine rings is 1. The zero-order chi connectivity index (χ0) is 34.8. The van der Waals surface area contributed by atoms with Crippen molar-refractivity contribution in [1.29, 1.82) is 0 Å². The minimum Gasteiger partial charge on any atom is -0.507 e. The number of carbonyl (C=O) groups excluding carboxylic acids is 3. The molecule has 2 aliphatic rings. The van der Waals surface area contributed by atoms with Gasteiger partial charge in [-0.05, 0) is 60.8 Å². The van der Waals surface area contributed by atoms with E-state index in [-0.39, 0.29) is 34.5 Å². The number of phenols is 2. The maximum absolute atomic E-state index is 13.1. The molecule has 0 saturated carbocycles. The zero-order valence-electron chi connectivity index (χ0n) is 26.6. The van der Waals surface area contributed by atoms with Gasteiger partial charge in [-0.3, -0.25) is 14.4 Å². The number of fused-ring (bicyclic) bond motifs is 2. The van der Waals surface area contributed by atoms with Crippen LogP contribution in [0.15, 0.2) is 46.6 Å². The molecule has 0 radical (unpaired) electrons. The van der Waals surface area contributed by atoms with Gasteiger partial charge in [-0.15, -0.1) is 15.3 Å². The summed E-state index contributed by atoms with van der Waals surface area (Å²) in [5, 5.41) is 40.1. The van der Waals surface area contributed by atoms with Crippen molar-refractivity contribution in [2.75, 3.05) is 42.1 Å². The van der Waals surface area contributed by atoms with Gasteiger partial charge < -0.3 is 35.2 Å². The highest BCUT2D eigenvalue weighted by Crippen LogP contribution is 2.42. The Morgan fingerprint density at radius 1 is 0.980 bits per heavy atom. The van der Waals surface area contributed by atoms with E-state index in [0.29, 0.717) is 83.2 Å². The lowest BCUT2D eigenvalue weighted by atomic mass is 9.98. The maximum atomic E-state index is 13.1. The topological polar surface area (TPSA) is 207 Å². The van der Waals surface area contributed by atoms with E-state index in [1.165, 1.54) is 26.0 Å². The molecule has 256 valence electrons. The molecule has 18 heteroatoms. The van der Waals surface area contributed by atoms with Crippen molar-refractivity contribution < 1.29 is 37.8 Å². The monoisotopic (exact) mass is 708 g/mol. The summed E-state index contributed by atoms with van der Waals surface area (Å²) in [6.45, 7) is 5.94. The molecule has 5 N–H and O–H groups in total. The van der Waals surface area contributed by atoms with Crippen LogP contribution in [0.25, 0.3) is 10.9 Å². The first kappa shape index (κ1) is 33.7. The third kappa shape index (κ3) is 7.62. The van der Waals surface area contributed by atoms with Crippen LogP contribution in [0.1, 0.15) is 31.4 Å². The molecular weight excluding hydrogens is 677 g/mol. The molecule has 3 amide bonds. The fraction of sp³-hybridized carbons (Fsp3) is 0.290. The summed E-state index contributed by atoms with van der Waals surface area (Å²) >= 11 is -0.714. The Hall–Kier alpha value is -5.17. The molecule has 1 aromatic heterocycles. The van der Waals surface area contributed by atoms with Crippen LogP contribution in [0.4, 0.5) is 27.8 Å². The van der Waals surface area contributed by atoms with Gasteiger partial charge in [0.25, 0.3) is 11.3 Å². The summed E-state index contributed by atoms with van der Waals surface area (Å²) in [4.78, 5) is 41.3.